The van der Waals surface area contributed by atoms with Gasteiger partial charge in [0.25, 0.3) is 17.4 Å². The summed E-state index contributed by atoms with van der Waals surface area (Å²) in [6, 6.07) is 10.0. The molecule has 0 radical (unpaired) electrons. The van der Waals surface area contributed by atoms with Gasteiger partial charge in [0.15, 0.2) is 0 Å². The Morgan fingerprint density at radius 1 is 1.08 bits per heavy atom. The minimum atomic E-state index is -0.389. The van der Waals surface area contributed by atoms with Crippen molar-refractivity contribution in [3.63, 3.8) is 0 Å². The van der Waals surface area contributed by atoms with E-state index in [-0.39, 0.29) is 23.1 Å². The van der Waals surface area contributed by atoms with E-state index in [1.54, 1.807) is 42.3 Å². The Morgan fingerprint density at radius 2 is 1.71 bits per heavy atom. The van der Waals surface area contributed by atoms with Gasteiger partial charge in [-0.15, -0.1) is 0 Å². The van der Waals surface area contributed by atoms with E-state index in [4.69, 9.17) is 0 Å². The first-order valence-corrected chi connectivity index (χ1v) is 7.84. The third-order valence-electron chi connectivity index (χ3n) is 3.77. The Bertz CT molecular complexity index is 793. The molecule has 2 rings (SSSR count). The summed E-state index contributed by atoms with van der Waals surface area (Å²) < 4.78 is 1.30. The van der Waals surface area contributed by atoms with Crippen LogP contribution in [0.3, 0.4) is 0 Å². The van der Waals surface area contributed by atoms with Crippen molar-refractivity contribution in [1.82, 2.24) is 9.47 Å². The van der Waals surface area contributed by atoms with Gasteiger partial charge in [-0.1, -0.05) is 18.2 Å². The van der Waals surface area contributed by atoms with Crippen molar-refractivity contribution in [3.8, 4) is 0 Å². The molecule has 0 aliphatic rings. The third-order valence-corrected chi connectivity index (χ3v) is 3.77. The van der Waals surface area contributed by atoms with Crippen LogP contribution in [0.25, 0.3) is 0 Å². The van der Waals surface area contributed by atoms with Crippen LogP contribution in [0.1, 0.15) is 34.6 Å². The van der Waals surface area contributed by atoms with Gasteiger partial charge < -0.3 is 14.8 Å². The molecule has 0 aliphatic heterocycles. The number of hydrogen-bond donors (Lipinski definition) is 1. The van der Waals surface area contributed by atoms with Gasteiger partial charge >= 0.3 is 0 Å². The number of rotatable bonds is 5. The van der Waals surface area contributed by atoms with Gasteiger partial charge in [-0.25, -0.2) is 0 Å². The normalized spacial score (nSPS) is 10.3. The number of amides is 2. The van der Waals surface area contributed by atoms with E-state index >= 15 is 0 Å². The SMILES string of the molecule is CCN(CC)C(=O)c1cc(NC(=O)c2ccccc2)c(=O)n(C)c1. The molecule has 0 saturated carbocycles. The predicted molar refractivity (Wildman–Crippen MR) is 93.3 cm³/mol. The number of nitrogens with one attached hydrogen (secondary N) is 1. The zero-order chi connectivity index (χ0) is 17.7. The van der Waals surface area contributed by atoms with E-state index < -0.39 is 0 Å². The molecule has 0 fully saturated rings. The second-order valence-electron chi connectivity index (χ2n) is 5.36. The highest BCUT2D eigenvalue weighted by atomic mass is 16.2. The molecule has 1 aromatic heterocycles. The lowest BCUT2D eigenvalue weighted by molar-refractivity contribution is 0.0771. The molecule has 2 amide bonds. The van der Waals surface area contributed by atoms with E-state index in [0.29, 0.717) is 24.2 Å². The molecule has 0 atom stereocenters. The molecule has 2 aromatic rings. The first kappa shape index (κ1) is 17.5. The highest BCUT2D eigenvalue weighted by Gasteiger charge is 2.17. The van der Waals surface area contributed by atoms with Gasteiger partial charge in [-0.3, -0.25) is 14.4 Å². The lowest BCUT2D eigenvalue weighted by Crippen LogP contribution is -2.32. The number of hydrogen-bond acceptors (Lipinski definition) is 3. The molecule has 6 heteroatoms. The smallest absolute Gasteiger partial charge is 0.274 e. The highest BCUT2D eigenvalue weighted by molar-refractivity contribution is 6.04. The summed E-state index contributed by atoms with van der Waals surface area (Å²) in [4.78, 5) is 38.6. The molecular formula is C18H21N3O3. The van der Waals surface area contributed by atoms with Crippen LogP contribution in [0.2, 0.25) is 0 Å². The van der Waals surface area contributed by atoms with Gasteiger partial charge in [0, 0.05) is 31.9 Å². The van der Waals surface area contributed by atoms with Crippen LogP contribution in [0.15, 0.2) is 47.4 Å². The quantitative estimate of drug-likeness (QED) is 0.914. The zero-order valence-electron chi connectivity index (χ0n) is 14.1. The number of benzene rings is 1. The molecule has 0 spiro atoms. The molecule has 1 N–H and O–H groups in total. The Labute approximate surface area is 140 Å². The number of carbonyl (C=O) groups excluding carboxylic acids is 2. The van der Waals surface area contributed by atoms with Crippen molar-refractivity contribution < 1.29 is 9.59 Å². The molecule has 24 heavy (non-hydrogen) atoms. The van der Waals surface area contributed by atoms with Crippen LogP contribution in [0.5, 0.6) is 0 Å². The Kier molecular flexibility index (Phi) is 5.52. The van der Waals surface area contributed by atoms with Crippen molar-refractivity contribution in [3.05, 3.63) is 64.1 Å². The maximum atomic E-state index is 12.5. The first-order valence-electron chi connectivity index (χ1n) is 7.84. The number of nitrogens with zero attached hydrogens (tertiary/aromatic N) is 2. The van der Waals surface area contributed by atoms with Gasteiger partial charge in [0.05, 0.1) is 5.56 Å². The molecular weight excluding hydrogens is 306 g/mol. The fraction of sp³-hybridized carbons (Fsp3) is 0.278. The van der Waals surface area contributed by atoms with E-state index in [1.165, 1.54) is 16.8 Å². The molecule has 1 aromatic carbocycles. The largest absolute Gasteiger partial charge is 0.339 e. The van der Waals surface area contributed by atoms with Crippen LogP contribution in [0.4, 0.5) is 5.69 Å². The third kappa shape index (κ3) is 3.71. The number of aromatic nitrogens is 1. The summed E-state index contributed by atoms with van der Waals surface area (Å²) in [6.07, 6.45) is 1.49. The van der Waals surface area contributed by atoms with Crippen LogP contribution in [-0.4, -0.2) is 34.4 Å². The lowest BCUT2D eigenvalue weighted by atomic mass is 10.2. The lowest BCUT2D eigenvalue weighted by Gasteiger charge is -2.19. The fourth-order valence-electron chi connectivity index (χ4n) is 2.40. The molecule has 1 heterocycles. The second kappa shape index (κ2) is 7.59. The summed E-state index contributed by atoms with van der Waals surface area (Å²) in [5.74, 6) is -0.564. The summed E-state index contributed by atoms with van der Waals surface area (Å²) in [5, 5.41) is 2.59. The van der Waals surface area contributed by atoms with Crippen molar-refractivity contribution in [2.24, 2.45) is 7.05 Å². The number of aryl methyl sites for hydroxylation is 1. The van der Waals surface area contributed by atoms with Gasteiger partial charge in [0.2, 0.25) is 0 Å². The molecule has 6 nitrogen and oxygen atoms in total. The maximum absolute atomic E-state index is 12.5. The maximum Gasteiger partial charge on any atom is 0.274 e. The van der Waals surface area contributed by atoms with Crippen LogP contribution >= 0.6 is 0 Å². The van der Waals surface area contributed by atoms with Crippen molar-refractivity contribution in [2.75, 3.05) is 18.4 Å². The first-order chi connectivity index (χ1) is 11.5. The molecule has 0 bridgehead atoms. The van der Waals surface area contributed by atoms with E-state index in [2.05, 4.69) is 5.32 Å². The summed E-state index contributed by atoms with van der Waals surface area (Å²) >= 11 is 0. The fourth-order valence-corrected chi connectivity index (χ4v) is 2.40. The Hall–Kier alpha value is -2.89. The average molecular weight is 327 g/mol. The molecule has 0 unspecified atom stereocenters. The highest BCUT2D eigenvalue weighted by Crippen LogP contribution is 2.10. The predicted octanol–water partition coefficient (Wildman–Crippen LogP) is 2.12. The topological polar surface area (TPSA) is 71.4 Å². The minimum Gasteiger partial charge on any atom is -0.339 e. The van der Waals surface area contributed by atoms with Crippen LogP contribution in [0, 0.1) is 0 Å². The van der Waals surface area contributed by atoms with Gasteiger partial charge in [0.1, 0.15) is 5.69 Å². The monoisotopic (exact) mass is 327 g/mol. The molecule has 126 valence electrons. The van der Waals surface area contributed by atoms with E-state index in [0.717, 1.165) is 0 Å². The van der Waals surface area contributed by atoms with Crippen molar-refractivity contribution in [1.29, 1.82) is 0 Å². The summed E-state index contributed by atoms with van der Waals surface area (Å²) in [5.41, 5.74) is 0.531. The summed E-state index contributed by atoms with van der Waals surface area (Å²) in [7, 11) is 1.56. The van der Waals surface area contributed by atoms with Crippen molar-refractivity contribution >= 4 is 17.5 Å². The van der Waals surface area contributed by atoms with Crippen LogP contribution < -0.4 is 10.9 Å². The molecule has 0 aliphatic carbocycles. The summed E-state index contributed by atoms with van der Waals surface area (Å²) in [6.45, 7) is 4.93. The number of pyridine rings is 1. The minimum absolute atomic E-state index is 0.0874. The molecule has 0 saturated heterocycles. The average Bonchev–Trinajstić information content (AvgIpc) is 2.60. The Balaban J connectivity index is 2.35. The zero-order valence-corrected chi connectivity index (χ0v) is 14.1. The standard InChI is InChI=1S/C18H21N3O3/c1-4-21(5-2)17(23)14-11-15(18(24)20(3)12-14)19-16(22)13-9-7-6-8-10-13/h6-12H,4-5H2,1-3H3,(H,19,22). The van der Waals surface area contributed by atoms with Crippen LogP contribution in [-0.2, 0) is 7.05 Å². The number of anilines is 1. The second-order valence-corrected chi connectivity index (χ2v) is 5.36. The van der Waals surface area contributed by atoms with E-state index in [9.17, 15) is 14.4 Å². The number of carbonyl (C=O) groups is 2. The Morgan fingerprint density at radius 3 is 2.29 bits per heavy atom. The van der Waals surface area contributed by atoms with E-state index in [1.807, 2.05) is 13.8 Å². The van der Waals surface area contributed by atoms with Gasteiger partial charge in [-0.05, 0) is 32.0 Å². The van der Waals surface area contributed by atoms with Crippen molar-refractivity contribution in [2.45, 2.75) is 13.8 Å². The van der Waals surface area contributed by atoms with Gasteiger partial charge in [-0.2, -0.15) is 0 Å².